The Balaban J connectivity index is 1.93. The minimum atomic E-state index is 0.614. The van der Waals surface area contributed by atoms with Crippen molar-refractivity contribution in [1.29, 1.82) is 0 Å². The summed E-state index contributed by atoms with van der Waals surface area (Å²) in [6.07, 6.45) is 6.99. The molecule has 0 atom stereocenters. The van der Waals surface area contributed by atoms with E-state index in [2.05, 4.69) is 17.2 Å². The number of hydrogen-bond donors (Lipinski definition) is 1. The zero-order valence-electron chi connectivity index (χ0n) is 10.1. The molecule has 0 bridgehead atoms. The summed E-state index contributed by atoms with van der Waals surface area (Å²) in [6.45, 7) is 2.34. The number of ether oxygens (including phenoxy) is 1. The molecule has 3 nitrogen and oxygen atoms in total. The Hall–Kier alpha value is -1.25. The van der Waals surface area contributed by atoms with Gasteiger partial charge in [0.05, 0.1) is 7.11 Å². The van der Waals surface area contributed by atoms with Crippen molar-refractivity contribution in [2.24, 2.45) is 5.92 Å². The van der Waals surface area contributed by atoms with Gasteiger partial charge in [-0.25, -0.2) is 4.98 Å². The Morgan fingerprint density at radius 3 is 2.75 bits per heavy atom. The fourth-order valence-electron chi connectivity index (χ4n) is 2.25. The molecular weight excluding hydrogens is 200 g/mol. The van der Waals surface area contributed by atoms with Crippen LogP contribution < -0.4 is 10.1 Å². The van der Waals surface area contributed by atoms with Crippen LogP contribution in [-0.4, -0.2) is 18.1 Å². The summed E-state index contributed by atoms with van der Waals surface area (Å²) < 4.78 is 5.11. The third-order valence-corrected chi connectivity index (χ3v) is 3.33. The number of rotatable bonds is 3. The number of hydrogen-bond acceptors (Lipinski definition) is 3. The molecule has 0 radical (unpaired) electrons. The second kappa shape index (κ2) is 5.19. The Morgan fingerprint density at radius 1 is 1.31 bits per heavy atom. The maximum absolute atomic E-state index is 5.11. The minimum absolute atomic E-state index is 0.614. The lowest BCUT2D eigenvalue weighted by Crippen LogP contribution is -2.25. The van der Waals surface area contributed by atoms with Crippen molar-refractivity contribution in [2.75, 3.05) is 12.4 Å². The van der Waals surface area contributed by atoms with Crippen LogP contribution in [0, 0.1) is 5.92 Å². The van der Waals surface area contributed by atoms with Gasteiger partial charge in [0.1, 0.15) is 0 Å². The maximum atomic E-state index is 5.11. The summed E-state index contributed by atoms with van der Waals surface area (Å²) in [7, 11) is 1.65. The second-order valence-electron chi connectivity index (χ2n) is 4.69. The van der Waals surface area contributed by atoms with Gasteiger partial charge in [-0.15, -0.1) is 0 Å². The van der Waals surface area contributed by atoms with E-state index in [0.29, 0.717) is 11.9 Å². The Morgan fingerprint density at radius 2 is 2.06 bits per heavy atom. The minimum Gasteiger partial charge on any atom is -0.481 e. The lowest BCUT2D eigenvalue weighted by Gasteiger charge is -2.27. The molecule has 1 aromatic heterocycles. The Labute approximate surface area is 97.2 Å². The van der Waals surface area contributed by atoms with Gasteiger partial charge in [0.2, 0.25) is 5.88 Å². The number of aromatic nitrogens is 1. The quantitative estimate of drug-likeness (QED) is 0.850. The van der Waals surface area contributed by atoms with E-state index in [1.54, 1.807) is 13.3 Å². The van der Waals surface area contributed by atoms with E-state index in [4.69, 9.17) is 4.74 Å². The summed E-state index contributed by atoms with van der Waals surface area (Å²) in [5.41, 5.74) is 1.12. The lowest BCUT2D eigenvalue weighted by atomic mass is 9.87. The van der Waals surface area contributed by atoms with Crippen LogP contribution in [0.3, 0.4) is 0 Å². The fourth-order valence-corrected chi connectivity index (χ4v) is 2.25. The van der Waals surface area contributed by atoms with Crippen LogP contribution in [0.25, 0.3) is 0 Å². The molecule has 0 aliphatic heterocycles. The highest BCUT2D eigenvalue weighted by Crippen LogP contribution is 2.26. The van der Waals surface area contributed by atoms with Crippen molar-refractivity contribution < 1.29 is 4.74 Å². The van der Waals surface area contributed by atoms with Crippen molar-refractivity contribution >= 4 is 5.69 Å². The monoisotopic (exact) mass is 220 g/mol. The number of anilines is 1. The first-order valence-corrected chi connectivity index (χ1v) is 6.04. The van der Waals surface area contributed by atoms with Crippen LogP contribution >= 0.6 is 0 Å². The molecule has 16 heavy (non-hydrogen) atoms. The topological polar surface area (TPSA) is 34.1 Å². The standard InChI is InChI=1S/C13H20N2O/c1-10-3-5-11(6-4-10)15-12-7-8-14-13(9-12)16-2/h7-11H,3-6H2,1-2H3,(H,14,15). The van der Waals surface area contributed by atoms with Crippen LogP contribution in [0.1, 0.15) is 32.6 Å². The molecule has 0 amide bonds. The van der Waals surface area contributed by atoms with Crippen molar-refractivity contribution in [3.63, 3.8) is 0 Å². The Kier molecular flexibility index (Phi) is 3.65. The first-order chi connectivity index (χ1) is 7.78. The predicted octanol–water partition coefficient (Wildman–Crippen LogP) is 3.08. The van der Waals surface area contributed by atoms with Crippen molar-refractivity contribution in [3.8, 4) is 5.88 Å². The van der Waals surface area contributed by atoms with E-state index < -0.39 is 0 Å². The van der Waals surface area contributed by atoms with Gasteiger partial charge in [-0.1, -0.05) is 6.92 Å². The highest BCUT2D eigenvalue weighted by atomic mass is 16.5. The normalized spacial score (nSPS) is 25.1. The zero-order chi connectivity index (χ0) is 11.4. The fraction of sp³-hybridized carbons (Fsp3) is 0.615. The van der Waals surface area contributed by atoms with E-state index in [0.717, 1.165) is 11.6 Å². The van der Waals surface area contributed by atoms with E-state index in [9.17, 15) is 0 Å². The second-order valence-corrected chi connectivity index (χ2v) is 4.69. The van der Waals surface area contributed by atoms with Crippen LogP contribution in [0.5, 0.6) is 5.88 Å². The van der Waals surface area contributed by atoms with E-state index in [-0.39, 0.29) is 0 Å². The first-order valence-electron chi connectivity index (χ1n) is 6.04. The molecule has 3 heteroatoms. The smallest absolute Gasteiger partial charge is 0.214 e. The highest BCUT2D eigenvalue weighted by molar-refractivity contribution is 5.45. The molecule has 0 spiro atoms. The SMILES string of the molecule is COc1cc(NC2CCC(C)CC2)ccn1. The van der Waals surface area contributed by atoms with Gasteiger partial charge in [0.15, 0.2) is 0 Å². The van der Waals surface area contributed by atoms with E-state index in [1.807, 2.05) is 12.1 Å². The molecule has 1 aromatic rings. The Bertz CT molecular complexity index is 332. The van der Waals surface area contributed by atoms with Gasteiger partial charge in [-0.2, -0.15) is 0 Å². The van der Waals surface area contributed by atoms with Crippen LogP contribution in [-0.2, 0) is 0 Å². The summed E-state index contributed by atoms with van der Waals surface area (Å²) in [6, 6.07) is 4.57. The van der Waals surface area contributed by atoms with Gasteiger partial charge in [-0.05, 0) is 37.7 Å². The predicted molar refractivity (Wildman–Crippen MR) is 65.8 cm³/mol. The molecule has 2 rings (SSSR count). The van der Waals surface area contributed by atoms with Crippen molar-refractivity contribution in [3.05, 3.63) is 18.3 Å². The molecule has 1 fully saturated rings. The van der Waals surface area contributed by atoms with Crippen LogP contribution in [0.2, 0.25) is 0 Å². The van der Waals surface area contributed by atoms with Gasteiger partial charge >= 0.3 is 0 Å². The molecule has 0 saturated heterocycles. The van der Waals surface area contributed by atoms with Crippen molar-refractivity contribution in [1.82, 2.24) is 4.98 Å². The summed E-state index contributed by atoms with van der Waals surface area (Å²) in [5, 5.41) is 3.56. The third-order valence-electron chi connectivity index (χ3n) is 3.33. The number of nitrogens with zero attached hydrogens (tertiary/aromatic N) is 1. The average Bonchev–Trinajstić information content (AvgIpc) is 2.32. The average molecular weight is 220 g/mol. The van der Waals surface area contributed by atoms with Gasteiger partial charge in [0.25, 0.3) is 0 Å². The van der Waals surface area contributed by atoms with E-state index >= 15 is 0 Å². The largest absolute Gasteiger partial charge is 0.481 e. The van der Waals surface area contributed by atoms with Crippen molar-refractivity contribution in [2.45, 2.75) is 38.6 Å². The van der Waals surface area contributed by atoms with Crippen LogP contribution in [0.4, 0.5) is 5.69 Å². The van der Waals surface area contributed by atoms with Gasteiger partial charge in [0, 0.05) is 24.0 Å². The zero-order valence-corrected chi connectivity index (χ0v) is 10.1. The molecular formula is C13H20N2O. The summed E-state index contributed by atoms with van der Waals surface area (Å²) in [5.74, 6) is 1.57. The molecule has 0 unspecified atom stereocenters. The highest BCUT2D eigenvalue weighted by Gasteiger charge is 2.17. The third kappa shape index (κ3) is 2.87. The number of nitrogens with one attached hydrogen (secondary N) is 1. The molecule has 88 valence electrons. The number of pyridine rings is 1. The summed E-state index contributed by atoms with van der Waals surface area (Å²) >= 11 is 0. The molecule has 0 aromatic carbocycles. The van der Waals surface area contributed by atoms with Gasteiger partial charge in [-0.3, -0.25) is 0 Å². The van der Waals surface area contributed by atoms with Crippen LogP contribution in [0.15, 0.2) is 18.3 Å². The molecule has 1 N–H and O–H groups in total. The molecule has 1 aliphatic carbocycles. The van der Waals surface area contributed by atoms with E-state index in [1.165, 1.54) is 25.7 Å². The molecule has 1 aliphatic rings. The number of methoxy groups -OCH3 is 1. The van der Waals surface area contributed by atoms with Gasteiger partial charge < -0.3 is 10.1 Å². The lowest BCUT2D eigenvalue weighted by molar-refractivity contribution is 0.361. The molecule has 1 saturated carbocycles. The molecule has 1 heterocycles. The first kappa shape index (κ1) is 11.2. The summed E-state index contributed by atoms with van der Waals surface area (Å²) in [4.78, 5) is 4.10. The maximum Gasteiger partial charge on any atom is 0.214 e.